The van der Waals surface area contributed by atoms with Crippen molar-refractivity contribution in [1.29, 1.82) is 0 Å². The van der Waals surface area contributed by atoms with Crippen LogP contribution in [0.15, 0.2) is 6.20 Å². The Balaban J connectivity index is 1.40. The summed E-state index contributed by atoms with van der Waals surface area (Å²) in [7, 11) is -9.78. The van der Waals surface area contributed by atoms with E-state index in [9.17, 15) is 38.1 Å². The molecule has 39 heavy (non-hydrogen) atoms. The first-order chi connectivity index (χ1) is 18.0. The molecule has 2 aliphatic heterocycles. The van der Waals surface area contributed by atoms with Gasteiger partial charge in [-0.2, -0.15) is 15.1 Å². The first kappa shape index (κ1) is 29.1. The Labute approximate surface area is 224 Å². The van der Waals surface area contributed by atoms with Gasteiger partial charge in [0.1, 0.15) is 23.6 Å². The number of anilines is 1. The number of rotatable bonds is 8. The van der Waals surface area contributed by atoms with Gasteiger partial charge in [-0.05, 0) is 23.4 Å². The zero-order valence-corrected chi connectivity index (χ0v) is 22.5. The highest BCUT2D eigenvalue weighted by Crippen LogP contribution is 2.56. The Morgan fingerprint density at radius 3 is 2.41 bits per heavy atom. The molecule has 3 aliphatic rings. The summed E-state index contributed by atoms with van der Waals surface area (Å²) in [5.41, 5.74) is -2.39. The third kappa shape index (κ3) is 5.60. The number of hydrogen-bond acceptors (Lipinski definition) is 11. The summed E-state index contributed by atoms with van der Waals surface area (Å²) < 4.78 is 62.2. The third-order valence-electron chi connectivity index (χ3n) is 7.33. The molecule has 7 atom stereocenters. The lowest BCUT2D eigenvalue weighted by molar-refractivity contribution is -0.117. The highest BCUT2D eigenvalue weighted by atomic mass is 35.5. The molecule has 2 aromatic rings. The van der Waals surface area contributed by atoms with Gasteiger partial charge in [0.15, 0.2) is 17.8 Å². The SMILES string of the molecule is O=P(O)(O)CP(=O)(O)OC[C@H]1O[C@@H](n2ncc3c(N4CC5CC(F)(F)CC5C4)nc(Cl)nc32)[C@H](O)[C@@]1(O)CO. The van der Waals surface area contributed by atoms with E-state index in [4.69, 9.17) is 30.6 Å². The van der Waals surface area contributed by atoms with Gasteiger partial charge in [0.05, 0.1) is 24.8 Å². The summed E-state index contributed by atoms with van der Waals surface area (Å²) in [6.45, 7) is -1.39. The molecule has 0 bridgehead atoms. The highest BCUT2D eigenvalue weighted by Gasteiger charge is 2.57. The molecule has 6 N–H and O–H groups in total. The van der Waals surface area contributed by atoms with Gasteiger partial charge in [0.25, 0.3) is 0 Å². The molecule has 0 radical (unpaired) electrons. The number of alkyl halides is 2. The van der Waals surface area contributed by atoms with Crippen LogP contribution < -0.4 is 4.90 Å². The van der Waals surface area contributed by atoms with Crippen molar-refractivity contribution in [3.05, 3.63) is 11.5 Å². The number of fused-ring (bicyclic) bond motifs is 2. The molecular formula is C19H26ClF2N5O10P2. The van der Waals surface area contributed by atoms with Crippen LogP contribution >= 0.6 is 26.8 Å². The van der Waals surface area contributed by atoms with Crippen LogP contribution in [0.4, 0.5) is 14.6 Å². The fourth-order valence-electron chi connectivity index (χ4n) is 5.56. The minimum Gasteiger partial charge on any atom is -0.393 e. The largest absolute Gasteiger partial charge is 0.393 e. The van der Waals surface area contributed by atoms with E-state index in [-0.39, 0.29) is 35.6 Å². The van der Waals surface area contributed by atoms with Crippen LogP contribution in [-0.2, 0) is 18.4 Å². The summed E-state index contributed by atoms with van der Waals surface area (Å²) in [5.74, 6) is -4.32. The van der Waals surface area contributed by atoms with Crippen molar-refractivity contribution in [2.75, 3.05) is 37.1 Å². The lowest BCUT2D eigenvalue weighted by Gasteiger charge is -2.28. The third-order valence-corrected chi connectivity index (χ3v) is 11.0. The Bertz CT molecular complexity index is 1350. The minimum absolute atomic E-state index is 0.0487. The van der Waals surface area contributed by atoms with Crippen molar-refractivity contribution in [2.45, 2.75) is 42.8 Å². The van der Waals surface area contributed by atoms with Gasteiger partial charge >= 0.3 is 15.2 Å². The minimum atomic E-state index is -4.93. The smallest absolute Gasteiger partial charge is 0.340 e. The highest BCUT2D eigenvalue weighted by molar-refractivity contribution is 7.70. The molecule has 0 aromatic carbocycles. The first-order valence-corrected chi connectivity index (χ1v) is 15.7. The average molecular weight is 620 g/mol. The topological polar surface area (TPSA) is 221 Å². The molecule has 1 saturated carbocycles. The number of ether oxygens (including phenoxy) is 1. The quantitative estimate of drug-likeness (QED) is 0.173. The van der Waals surface area contributed by atoms with Gasteiger partial charge in [-0.15, -0.1) is 0 Å². The molecule has 2 saturated heterocycles. The normalized spacial score (nSPS) is 34.1. The molecule has 4 heterocycles. The van der Waals surface area contributed by atoms with Crippen LogP contribution in [0.2, 0.25) is 5.28 Å². The molecule has 5 rings (SSSR count). The summed E-state index contributed by atoms with van der Waals surface area (Å²) >= 11 is 6.16. The van der Waals surface area contributed by atoms with Crippen molar-refractivity contribution in [1.82, 2.24) is 19.7 Å². The average Bonchev–Trinajstić information content (AvgIpc) is 3.51. The van der Waals surface area contributed by atoms with E-state index in [0.717, 1.165) is 4.68 Å². The molecule has 3 unspecified atom stereocenters. The number of nitrogens with zero attached hydrogens (tertiary/aromatic N) is 5. The van der Waals surface area contributed by atoms with Crippen LogP contribution in [0.25, 0.3) is 11.0 Å². The maximum atomic E-state index is 13.8. The van der Waals surface area contributed by atoms with Crippen LogP contribution in [0.3, 0.4) is 0 Å². The van der Waals surface area contributed by atoms with Gasteiger partial charge in [-0.25, -0.2) is 13.5 Å². The van der Waals surface area contributed by atoms with E-state index in [1.807, 2.05) is 0 Å². The van der Waals surface area contributed by atoms with Gasteiger partial charge < -0.3 is 44.2 Å². The van der Waals surface area contributed by atoms with Crippen molar-refractivity contribution >= 4 is 43.6 Å². The van der Waals surface area contributed by atoms with Gasteiger partial charge in [0.2, 0.25) is 11.2 Å². The standard InChI is InChI=1S/C19H26ClF2N5O10P2/c20-17-24-14(26-4-9-1-18(21,22)2-10(9)5-26)11-3-23-27(15(11)25-17)16-13(29)19(30,7-28)12(37-16)6-36-39(34,35)8-38(31,32)33/h3,9-10,12-13,16,28-30H,1-2,4-8H2,(H,34,35)(H2,31,32,33)/t9?,10?,12-,13+,16-,19-/m1/s1. The Morgan fingerprint density at radius 2 is 1.82 bits per heavy atom. The monoisotopic (exact) mass is 619 g/mol. The molecule has 1 aliphatic carbocycles. The van der Waals surface area contributed by atoms with Crippen molar-refractivity contribution in [3.8, 4) is 0 Å². The van der Waals surface area contributed by atoms with E-state index >= 15 is 0 Å². The number of hydrogen-bond donors (Lipinski definition) is 6. The van der Waals surface area contributed by atoms with E-state index in [2.05, 4.69) is 15.1 Å². The molecule has 0 spiro atoms. The van der Waals surface area contributed by atoms with E-state index in [1.165, 1.54) is 6.20 Å². The van der Waals surface area contributed by atoms with Crippen LogP contribution in [0.5, 0.6) is 0 Å². The molecule has 3 fully saturated rings. The van der Waals surface area contributed by atoms with Gasteiger partial charge in [0, 0.05) is 25.9 Å². The first-order valence-electron chi connectivity index (χ1n) is 11.7. The van der Waals surface area contributed by atoms with Crippen molar-refractivity contribution in [3.63, 3.8) is 0 Å². The molecule has 15 nitrogen and oxygen atoms in total. The molecule has 0 amide bonds. The molecular weight excluding hydrogens is 594 g/mol. The second-order valence-corrected chi connectivity index (χ2v) is 14.5. The van der Waals surface area contributed by atoms with Crippen LogP contribution in [0.1, 0.15) is 19.1 Å². The Morgan fingerprint density at radius 1 is 1.18 bits per heavy atom. The van der Waals surface area contributed by atoms with E-state index < -0.39 is 64.3 Å². The molecule has 218 valence electrons. The fraction of sp³-hybridized carbons (Fsp3) is 0.737. The number of halogens is 3. The zero-order chi connectivity index (χ0) is 28.5. The maximum absolute atomic E-state index is 13.8. The lowest BCUT2D eigenvalue weighted by atomic mass is 9.93. The van der Waals surface area contributed by atoms with Gasteiger partial charge in [-0.3, -0.25) is 9.13 Å². The van der Waals surface area contributed by atoms with Crippen molar-refractivity contribution < 1.29 is 57.2 Å². The van der Waals surface area contributed by atoms with Gasteiger partial charge in [-0.1, -0.05) is 0 Å². The summed E-state index contributed by atoms with van der Waals surface area (Å²) in [4.78, 5) is 37.9. The summed E-state index contributed by atoms with van der Waals surface area (Å²) in [6, 6.07) is 0. The number of aliphatic hydroxyl groups excluding tert-OH is 2. The maximum Gasteiger partial charge on any atom is 0.340 e. The number of aromatic nitrogens is 4. The Kier molecular flexibility index (Phi) is 7.38. The number of aliphatic hydroxyl groups is 3. The summed E-state index contributed by atoms with van der Waals surface area (Å²) in [6.07, 6.45) is -4.17. The summed E-state index contributed by atoms with van der Waals surface area (Å²) in [5, 5.41) is 35.9. The Hall–Kier alpha value is -1.36. The van der Waals surface area contributed by atoms with E-state index in [1.54, 1.807) is 4.90 Å². The second-order valence-electron chi connectivity index (χ2n) is 10.2. The second kappa shape index (κ2) is 9.88. The molecule has 20 heteroatoms. The van der Waals surface area contributed by atoms with E-state index in [0.29, 0.717) is 24.3 Å². The zero-order valence-electron chi connectivity index (χ0n) is 20.0. The van der Waals surface area contributed by atoms with Crippen LogP contribution in [-0.4, -0.2) is 106 Å². The van der Waals surface area contributed by atoms with Crippen LogP contribution in [0, 0.1) is 11.8 Å². The predicted octanol–water partition coefficient (Wildman–Crippen LogP) is 0.280. The van der Waals surface area contributed by atoms with Crippen molar-refractivity contribution in [2.24, 2.45) is 11.8 Å². The fourth-order valence-corrected chi connectivity index (χ4v) is 8.28. The lowest BCUT2D eigenvalue weighted by Crippen LogP contribution is -2.52. The predicted molar refractivity (Wildman–Crippen MR) is 128 cm³/mol. The molecule has 2 aromatic heterocycles.